The van der Waals surface area contributed by atoms with Crippen LogP contribution in [0.2, 0.25) is 0 Å². The average Bonchev–Trinajstić information content (AvgIpc) is 2.72. The molecule has 0 radical (unpaired) electrons. The lowest BCUT2D eigenvalue weighted by atomic mass is 9.78. The number of aliphatic imine (C=N–C) groups is 2. The van der Waals surface area contributed by atoms with Crippen molar-refractivity contribution in [3.63, 3.8) is 0 Å². The zero-order valence-electron chi connectivity index (χ0n) is 15.0. The largest absolute Gasteiger partial charge is 0.260 e. The molecule has 2 unspecified atom stereocenters. The van der Waals surface area contributed by atoms with E-state index in [-0.39, 0.29) is 16.9 Å². The molecule has 0 saturated carbocycles. The van der Waals surface area contributed by atoms with Crippen LogP contribution in [-0.4, -0.2) is 17.6 Å². The standard InChI is InChI=1S/C18H34N2/c1-10-11-18(8,9)16-19-14(13(4)12(2)3)15(20-16)17(5,6)7/h12-14H,10-11H2,1-9H3. The first kappa shape index (κ1) is 17.4. The van der Waals surface area contributed by atoms with E-state index < -0.39 is 0 Å². The summed E-state index contributed by atoms with van der Waals surface area (Å²) >= 11 is 0. The van der Waals surface area contributed by atoms with Gasteiger partial charge in [-0.2, -0.15) is 0 Å². The molecule has 0 saturated heterocycles. The van der Waals surface area contributed by atoms with Gasteiger partial charge < -0.3 is 0 Å². The van der Waals surface area contributed by atoms with Gasteiger partial charge in [0.15, 0.2) is 0 Å². The van der Waals surface area contributed by atoms with E-state index in [0.29, 0.717) is 11.8 Å². The van der Waals surface area contributed by atoms with E-state index in [2.05, 4.69) is 62.3 Å². The molecule has 1 heterocycles. The maximum Gasteiger partial charge on any atom is 0.129 e. The van der Waals surface area contributed by atoms with Crippen molar-refractivity contribution in [3.05, 3.63) is 0 Å². The van der Waals surface area contributed by atoms with Gasteiger partial charge in [0.1, 0.15) is 5.84 Å². The van der Waals surface area contributed by atoms with E-state index in [9.17, 15) is 0 Å². The number of amidine groups is 1. The first-order chi connectivity index (χ1) is 9.00. The quantitative estimate of drug-likeness (QED) is 0.645. The lowest BCUT2D eigenvalue weighted by Crippen LogP contribution is -2.35. The van der Waals surface area contributed by atoms with Gasteiger partial charge in [-0.3, -0.25) is 4.99 Å². The summed E-state index contributed by atoms with van der Waals surface area (Å²) in [6, 6.07) is 0.265. The van der Waals surface area contributed by atoms with Crippen molar-refractivity contribution < 1.29 is 0 Å². The molecule has 0 fully saturated rings. The first-order valence-electron chi connectivity index (χ1n) is 8.18. The molecule has 0 N–H and O–H groups in total. The Morgan fingerprint density at radius 3 is 2.00 bits per heavy atom. The van der Waals surface area contributed by atoms with Crippen molar-refractivity contribution in [1.82, 2.24) is 0 Å². The minimum atomic E-state index is 0.0939. The molecule has 2 nitrogen and oxygen atoms in total. The van der Waals surface area contributed by atoms with Crippen LogP contribution in [0.1, 0.15) is 75.2 Å². The Bertz CT molecular complexity index is 394. The zero-order valence-corrected chi connectivity index (χ0v) is 15.0. The van der Waals surface area contributed by atoms with Crippen LogP contribution in [0.5, 0.6) is 0 Å². The molecule has 0 aromatic carbocycles. The van der Waals surface area contributed by atoms with Crippen molar-refractivity contribution in [3.8, 4) is 0 Å². The van der Waals surface area contributed by atoms with Gasteiger partial charge in [0, 0.05) is 10.8 Å². The van der Waals surface area contributed by atoms with Gasteiger partial charge in [-0.1, -0.05) is 68.7 Å². The molecule has 1 aliphatic heterocycles. The van der Waals surface area contributed by atoms with Gasteiger partial charge in [0.05, 0.1) is 11.8 Å². The van der Waals surface area contributed by atoms with Crippen LogP contribution < -0.4 is 0 Å². The van der Waals surface area contributed by atoms with Crippen molar-refractivity contribution in [2.24, 2.45) is 32.7 Å². The molecule has 0 aromatic heterocycles. The molecule has 2 atom stereocenters. The molecule has 0 aromatic rings. The molecule has 2 heteroatoms. The van der Waals surface area contributed by atoms with Gasteiger partial charge in [-0.25, -0.2) is 4.99 Å². The van der Waals surface area contributed by atoms with Crippen LogP contribution in [0, 0.1) is 22.7 Å². The summed E-state index contributed by atoms with van der Waals surface area (Å²) in [5.41, 5.74) is 1.47. The monoisotopic (exact) mass is 278 g/mol. The predicted octanol–water partition coefficient (Wildman–Crippen LogP) is 5.37. The highest BCUT2D eigenvalue weighted by Crippen LogP contribution is 2.36. The van der Waals surface area contributed by atoms with Crippen LogP contribution in [-0.2, 0) is 0 Å². The Balaban J connectivity index is 3.17. The maximum atomic E-state index is 5.06. The van der Waals surface area contributed by atoms with E-state index >= 15 is 0 Å². The van der Waals surface area contributed by atoms with E-state index in [4.69, 9.17) is 9.98 Å². The molecular formula is C18H34N2. The van der Waals surface area contributed by atoms with E-state index in [0.717, 1.165) is 12.3 Å². The summed E-state index contributed by atoms with van der Waals surface area (Å²) in [5, 5.41) is 0. The Labute approximate surface area is 126 Å². The molecule has 0 aliphatic carbocycles. The van der Waals surface area contributed by atoms with Crippen molar-refractivity contribution in [2.75, 3.05) is 0 Å². The Morgan fingerprint density at radius 2 is 1.60 bits per heavy atom. The molecule has 0 spiro atoms. The Morgan fingerprint density at radius 1 is 1.05 bits per heavy atom. The van der Waals surface area contributed by atoms with Gasteiger partial charge >= 0.3 is 0 Å². The third-order valence-corrected chi connectivity index (χ3v) is 4.57. The van der Waals surface area contributed by atoms with Crippen LogP contribution in [0.4, 0.5) is 0 Å². The molecule has 1 rings (SSSR count). The fourth-order valence-corrected chi connectivity index (χ4v) is 2.81. The third kappa shape index (κ3) is 3.71. The number of hydrogen-bond acceptors (Lipinski definition) is 2. The average molecular weight is 278 g/mol. The van der Waals surface area contributed by atoms with E-state index in [1.165, 1.54) is 12.1 Å². The number of rotatable bonds is 5. The zero-order chi connectivity index (χ0) is 15.7. The molecule has 20 heavy (non-hydrogen) atoms. The number of hydrogen-bond donors (Lipinski definition) is 0. The second-order valence-electron chi connectivity index (χ2n) is 8.38. The highest BCUT2D eigenvalue weighted by atomic mass is 15.1. The van der Waals surface area contributed by atoms with Crippen molar-refractivity contribution >= 4 is 11.5 Å². The van der Waals surface area contributed by atoms with Gasteiger partial charge in [-0.15, -0.1) is 0 Å². The summed E-state index contributed by atoms with van der Waals surface area (Å²) < 4.78 is 0. The summed E-state index contributed by atoms with van der Waals surface area (Å²) in [6.45, 7) is 20.5. The van der Waals surface area contributed by atoms with Gasteiger partial charge in [-0.05, 0) is 18.3 Å². The van der Waals surface area contributed by atoms with Crippen LogP contribution in [0.3, 0.4) is 0 Å². The maximum absolute atomic E-state index is 5.06. The van der Waals surface area contributed by atoms with Crippen molar-refractivity contribution in [1.29, 1.82) is 0 Å². The predicted molar refractivity (Wildman–Crippen MR) is 90.8 cm³/mol. The second-order valence-corrected chi connectivity index (χ2v) is 8.38. The van der Waals surface area contributed by atoms with E-state index in [1.807, 2.05) is 0 Å². The van der Waals surface area contributed by atoms with E-state index in [1.54, 1.807) is 0 Å². The van der Waals surface area contributed by atoms with Crippen LogP contribution in [0.15, 0.2) is 9.98 Å². The minimum absolute atomic E-state index is 0.0939. The Kier molecular flexibility index (Phi) is 5.21. The topological polar surface area (TPSA) is 24.7 Å². The molecule has 116 valence electrons. The smallest absolute Gasteiger partial charge is 0.129 e. The molecule has 0 bridgehead atoms. The van der Waals surface area contributed by atoms with Crippen LogP contribution >= 0.6 is 0 Å². The Hall–Kier alpha value is -0.660. The van der Waals surface area contributed by atoms with Crippen LogP contribution in [0.25, 0.3) is 0 Å². The first-order valence-corrected chi connectivity index (χ1v) is 8.18. The lowest BCUT2D eigenvalue weighted by molar-refractivity contribution is 0.383. The molecule has 1 aliphatic rings. The highest BCUT2D eigenvalue weighted by Gasteiger charge is 2.39. The van der Waals surface area contributed by atoms with Gasteiger partial charge in [0.25, 0.3) is 0 Å². The summed E-state index contributed by atoms with van der Waals surface area (Å²) in [4.78, 5) is 10.1. The lowest BCUT2D eigenvalue weighted by Gasteiger charge is -2.29. The minimum Gasteiger partial charge on any atom is -0.260 e. The fourth-order valence-electron chi connectivity index (χ4n) is 2.81. The number of nitrogens with zero attached hydrogens (tertiary/aromatic N) is 2. The third-order valence-electron chi connectivity index (χ3n) is 4.57. The highest BCUT2D eigenvalue weighted by molar-refractivity contribution is 6.10. The molecule has 0 amide bonds. The molecular weight excluding hydrogens is 244 g/mol. The second kappa shape index (κ2) is 5.99. The van der Waals surface area contributed by atoms with Gasteiger partial charge in [0.2, 0.25) is 0 Å². The summed E-state index contributed by atoms with van der Waals surface area (Å²) in [7, 11) is 0. The summed E-state index contributed by atoms with van der Waals surface area (Å²) in [5.74, 6) is 2.25. The normalized spacial score (nSPS) is 22.0. The fraction of sp³-hybridized carbons (Fsp3) is 0.889. The SMILES string of the molecule is CCCC(C)(C)C1=NC(C(C)C(C)C)C(C(C)(C)C)=N1. The van der Waals surface area contributed by atoms with Crippen molar-refractivity contribution in [2.45, 2.75) is 81.2 Å². The summed E-state index contributed by atoms with van der Waals surface area (Å²) in [6.07, 6.45) is 2.33.